The molecule has 128 valence electrons. The zero-order chi connectivity index (χ0) is 17.7. The van der Waals surface area contributed by atoms with Crippen molar-refractivity contribution in [1.82, 2.24) is 5.06 Å². The molecule has 4 nitrogen and oxygen atoms in total. The number of nitrogens with zero attached hydrogens (tertiary/aromatic N) is 1. The number of benzene rings is 2. The summed E-state index contributed by atoms with van der Waals surface area (Å²) in [6.45, 7) is 0.0179. The van der Waals surface area contributed by atoms with Gasteiger partial charge in [0.2, 0.25) is 0 Å². The molecule has 0 aliphatic heterocycles. The largest absolute Gasteiger partial charge is 0.481 e. The van der Waals surface area contributed by atoms with Gasteiger partial charge in [-0.15, -0.1) is 0 Å². The van der Waals surface area contributed by atoms with Crippen LogP contribution in [0, 0.1) is 17.5 Å². The summed E-state index contributed by atoms with van der Waals surface area (Å²) in [6.07, 6.45) is -0.763. The van der Waals surface area contributed by atoms with Crippen LogP contribution in [0.25, 0.3) is 0 Å². The first kappa shape index (κ1) is 18.0. The Morgan fingerprint density at radius 1 is 1.04 bits per heavy atom. The maximum Gasteiger partial charge on any atom is 0.305 e. The molecule has 0 radical (unpaired) electrons. The molecule has 0 heterocycles. The zero-order valence-corrected chi connectivity index (χ0v) is 12.6. The van der Waals surface area contributed by atoms with E-state index in [-0.39, 0.29) is 18.5 Å². The molecule has 0 fully saturated rings. The van der Waals surface area contributed by atoms with Crippen molar-refractivity contribution in [1.29, 1.82) is 0 Å². The number of aliphatic carboxylic acids is 1. The first-order chi connectivity index (χ1) is 11.4. The van der Waals surface area contributed by atoms with Crippen LogP contribution < -0.4 is 0 Å². The predicted molar refractivity (Wildman–Crippen MR) is 79.8 cm³/mol. The Labute approximate surface area is 136 Å². The number of carbonyl (C=O) groups is 1. The highest BCUT2D eigenvalue weighted by Gasteiger charge is 2.23. The van der Waals surface area contributed by atoms with Crippen LogP contribution in [0.15, 0.2) is 42.5 Å². The number of carboxylic acids is 1. The molecule has 0 saturated carbocycles. The standard InChI is InChI=1S/C17H16F3NO3/c18-14-9-16(20)15(19)7-12(14)6-13(8-17(22)23)21(24)10-11-4-2-1-3-5-11/h1-5,7,9,13,24H,6,8,10H2,(H,22,23)/t13-/m1/s1. The zero-order valence-electron chi connectivity index (χ0n) is 12.6. The summed E-state index contributed by atoms with van der Waals surface area (Å²) in [5.74, 6) is -4.74. The first-order valence-corrected chi connectivity index (χ1v) is 7.21. The number of halogens is 3. The van der Waals surface area contributed by atoms with E-state index in [9.17, 15) is 23.2 Å². The second-order valence-electron chi connectivity index (χ2n) is 5.40. The summed E-state index contributed by atoms with van der Waals surface area (Å²) >= 11 is 0. The SMILES string of the molecule is O=C(O)C[C@@H](Cc1cc(F)c(F)cc1F)N(O)Cc1ccccc1. The molecular formula is C17H16F3NO3. The summed E-state index contributed by atoms with van der Waals surface area (Å²) in [7, 11) is 0. The van der Waals surface area contributed by atoms with Crippen LogP contribution in [0.2, 0.25) is 0 Å². The lowest BCUT2D eigenvalue weighted by molar-refractivity contribution is -0.156. The summed E-state index contributed by atoms with van der Waals surface area (Å²) in [5.41, 5.74) is 0.522. The average Bonchev–Trinajstić information content (AvgIpc) is 2.52. The summed E-state index contributed by atoms with van der Waals surface area (Å²) in [6, 6.07) is 8.85. The van der Waals surface area contributed by atoms with E-state index in [4.69, 9.17) is 5.11 Å². The van der Waals surface area contributed by atoms with Crippen molar-refractivity contribution in [3.63, 3.8) is 0 Å². The topological polar surface area (TPSA) is 60.8 Å². The molecule has 2 rings (SSSR count). The second-order valence-corrected chi connectivity index (χ2v) is 5.40. The fourth-order valence-electron chi connectivity index (χ4n) is 2.36. The van der Waals surface area contributed by atoms with E-state index < -0.39 is 35.9 Å². The third-order valence-corrected chi connectivity index (χ3v) is 3.56. The minimum atomic E-state index is -1.32. The van der Waals surface area contributed by atoms with E-state index in [0.717, 1.165) is 10.6 Å². The van der Waals surface area contributed by atoms with Crippen molar-refractivity contribution in [3.8, 4) is 0 Å². The first-order valence-electron chi connectivity index (χ1n) is 7.21. The third-order valence-electron chi connectivity index (χ3n) is 3.56. The Hall–Kier alpha value is -2.38. The highest BCUT2D eigenvalue weighted by atomic mass is 19.2. The lowest BCUT2D eigenvalue weighted by atomic mass is 10.0. The van der Waals surface area contributed by atoms with Gasteiger partial charge in [-0.25, -0.2) is 13.2 Å². The normalized spacial score (nSPS) is 12.4. The molecule has 0 spiro atoms. The number of carboxylic acid groups (broad SMARTS) is 1. The van der Waals surface area contributed by atoms with Gasteiger partial charge in [-0.1, -0.05) is 30.3 Å². The van der Waals surface area contributed by atoms with Crippen LogP contribution in [-0.2, 0) is 17.8 Å². The number of rotatable bonds is 7. The monoisotopic (exact) mass is 339 g/mol. The van der Waals surface area contributed by atoms with Crippen LogP contribution >= 0.6 is 0 Å². The molecule has 0 amide bonds. The fraction of sp³-hybridized carbons (Fsp3) is 0.235. The van der Waals surface area contributed by atoms with E-state index in [1.54, 1.807) is 30.3 Å². The Morgan fingerprint density at radius 2 is 1.67 bits per heavy atom. The van der Waals surface area contributed by atoms with Gasteiger partial charge in [0.05, 0.1) is 6.42 Å². The smallest absolute Gasteiger partial charge is 0.305 e. The Balaban J connectivity index is 2.19. The Bertz CT molecular complexity index is 710. The van der Waals surface area contributed by atoms with Crippen molar-refractivity contribution in [2.24, 2.45) is 0 Å². The summed E-state index contributed by atoms with van der Waals surface area (Å²) in [5, 5.41) is 19.9. The van der Waals surface area contributed by atoms with Crippen molar-refractivity contribution >= 4 is 5.97 Å². The molecule has 7 heteroatoms. The average molecular weight is 339 g/mol. The van der Waals surface area contributed by atoms with Gasteiger partial charge in [0, 0.05) is 18.7 Å². The van der Waals surface area contributed by atoms with Crippen LogP contribution in [0.3, 0.4) is 0 Å². The van der Waals surface area contributed by atoms with Crippen LogP contribution in [0.5, 0.6) is 0 Å². The lowest BCUT2D eigenvalue weighted by Gasteiger charge is -2.25. The highest BCUT2D eigenvalue weighted by Crippen LogP contribution is 2.19. The van der Waals surface area contributed by atoms with E-state index in [0.29, 0.717) is 12.1 Å². The van der Waals surface area contributed by atoms with E-state index in [2.05, 4.69) is 0 Å². The van der Waals surface area contributed by atoms with Crippen molar-refractivity contribution in [2.45, 2.75) is 25.4 Å². The fourth-order valence-corrected chi connectivity index (χ4v) is 2.36. The number of hydroxylamine groups is 2. The summed E-state index contributed by atoms with van der Waals surface area (Å²) < 4.78 is 40.0. The minimum absolute atomic E-state index is 0.0179. The summed E-state index contributed by atoms with van der Waals surface area (Å²) in [4.78, 5) is 11.0. The molecule has 0 bridgehead atoms. The van der Waals surface area contributed by atoms with E-state index in [1.165, 1.54) is 0 Å². The van der Waals surface area contributed by atoms with Crippen LogP contribution in [0.4, 0.5) is 13.2 Å². The van der Waals surface area contributed by atoms with Crippen LogP contribution in [0.1, 0.15) is 17.5 Å². The third kappa shape index (κ3) is 4.81. The molecule has 24 heavy (non-hydrogen) atoms. The number of hydrogen-bond donors (Lipinski definition) is 2. The molecule has 1 atom stereocenters. The lowest BCUT2D eigenvalue weighted by Crippen LogP contribution is -2.36. The highest BCUT2D eigenvalue weighted by molar-refractivity contribution is 5.67. The molecule has 0 aliphatic carbocycles. The predicted octanol–water partition coefficient (Wildman–Crippen LogP) is 3.38. The molecule has 2 N–H and O–H groups in total. The van der Waals surface area contributed by atoms with Gasteiger partial charge >= 0.3 is 5.97 Å². The maximum absolute atomic E-state index is 13.8. The molecule has 0 saturated heterocycles. The van der Waals surface area contributed by atoms with Gasteiger partial charge in [0.1, 0.15) is 5.82 Å². The van der Waals surface area contributed by atoms with E-state index in [1.807, 2.05) is 0 Å². The van der Waals surface area contributed by atoms with Gasteiger partial charge in [-0.05, 0) is 23.6 Å². The molecular weight excluding hydrogens is 323 g/mol. The Morgan fingerprint density at radius 3 is 2.29 bits per heavy atom. The molecule has 0 aliphatic rings. The van der Waals surface area contributed by atoms with Crippen LogP contribution in [-0.4, -0.2) is 27.4 Å². The van der Waals surface area contributed by atoms with Crippen molar-refractivity contribution < 1.29 is 28.3 Å². The van der Waals surface area contributed by atoms with Gasteiger partial charge in [0.25, 0.3) is 0 Å². The molecule has 0 aromatic heterocycles. The number of hydrogen-bond acceptors (Lipinski definition) is 3. The second kappa shape index (κ2) is 7.94. The van der Waals surface area contributed by atoms with E-state index >= 15 is 0 Å². The quantitative estimate of drug-likeness (QED) is 0.600. The van der Waals surface area contributed by atoms with Crippen molar-refractivity contribution in [3.05, 3.63) is 71.0 Å². The van der Waals surface area contributed by atoms with Gasteiger partial charge in [0.15, 0.2) is 11.6 Å². The van der Waals surface area contributed by atoms with Gasteiger partial charge in [-0.2, -0.15) is 5.06 Å². The van der Waals surface area contributed by atoms with Gasteiger partial charge in [-0.3, -0.25) is 4.79 Å². The molecule has 0 unspecified atom stereocenters. The molecule has 2 aromatic rings. The van der Waals surface area contributed by atoms with Gasteiger partial charge < -0.3 is 10.3 Å². The minimum Gasteiger partial charge on any atom is -0.481 e. The molecule has 2 aromatic carbocycles. The Kier molecular flexibility index (Phi) is 5.94. The van der Waals surface area contributed by atoms with Crippen molar-refractivity contribution in [2.75, 3.05) is 0 Å². The maximum atomic E-state index is 13.8.